The van der Waals surface area contributed by atoms with Gasteiger partial charge in [-0.2, -0.15) is 0 Å². The maximum atomic E-state index is 5.15. The van der Waals surface area contributed by atoms with Gasteiger partial charge in [0.15, 0.2) is 0 Å². The molecule has 0 unspecified atom stereocenters. The molecule has 5 heteroatoms. The van der Waals surface area contributed by atoms with E-state index in [0.29, 0.717) is 6.61 Å². The van der Waals surface area contributed by atoms with Gasteiger partial charge in [-0.05, 0) is 18.4 Å². The van der Waals surface area contributed by atoms with Crippen molar-refractivity contribution in [3.63, 3.8) is 0 Å². The molecular weight excluding hydrogens is 318 g/mol. The van der Waals surface area contributed by atoms with E-state index in [4.69, 9.17) is 4.74 Å². The van der Waals surface area contributed by atoms with Crippen LogP contribution in [-0.2, 0) is 29.5 Å². The highest BCUT2D eigenvalue weighted by molar-refractivity contribution is 9.08. The highest BCUT2D eigenvalue weighted by atomic mass is 79.9. The number of alkyl halides is 1. The Labute approximate surface area is 128 Å². The Hall–Kier alpha value is -1.20. The summed E-state index contributed by atoms with van der Waals surface area (Å²) in [6, 6.07) is 10.5. The predicted molar refractivity (Wildman–Crippen MR) is 83.0 cm³/mol. The van der Waals surface area contributed by atoms with Crippen LogP contribution in [0.3, 0.4) is 0 Å². The van der Waals surface area contributed by atoms with Crippen LogP contribution >= 0.6 is 15.9 Å². The normalized spacial score (nSPS) is 10.9. The van der Waals surface area contributed by atoms with Crippen molar-refractivity contribution in [2.24, 2.45) is 0 Å². The van der Waals surface area contributed by atoms with Crippen LogP contribution in [0.5, 0.6) is 0 Å². The summed E-state index contributed by atoms with van der Waals surface area (Å²) in [5.74, 6) is 2.02. The molecule has 0 fully saturated rings. The summed E-state index contributed by atoms with van der Waals surface area (Å²) in [5.41, 5.74) is 1.37. The predicted octanol–water partition coefficient (Wildman–Crippen LogP) is 2.99. The van der Waals surface area contributed by atoms with Crippen molar-refractivity contribution in [2.75, 3.05) is 13.7 Å². The van der Waals surface area contributed by atoms with Gasteiger partial charge in [-0.25, -0.2) is 0 Å². The summed E-state index contributed by atoms with van der Waals surface area (Å²) in [5, 5.41) is 9.25. The van der Waals surface area contributed by atoms with Crippen LogP contribution < -0.4 is 0 Å². The summed E-state index contributed by atoms with van der Waals surface area (Å²) in [6.07, 6.45) is 3.09. The minimum absolute atomic E-state index is 0.684. The van der Waals surface area contributed by atoms with E-state index in [9.17, 15) is 0 Å². The lowest BCUT2D eigenvalue weighted by molar-refractivity contribution is 0.185. The van der Waals surface area contributed by atoms with Gasteiger partial charge < -0.3 is 9.30 Å². The van der Waals surface area contributed by atoms with Gasteiger partial charge in [0.25, 0.3) is 0 Å². The Morgan fingerprint density at radius 3 is 2.55 bits per heavy atom. The van der Waals surface area contributed by atoms with Gasteiger partial charge >= 0.3 is 0 Å². The van der Waals surface area contributed by atoms with E-state index in [1.165, 1.54) is 5.56 Å². The molecule has 1 heterocycles. The van der Waals surface area contributed by atoms with E-state index in [-0.39, 0.29) is 0 Å². The first-order valence-electron chi connectivity index (χ1n) is 6.85. The van der Waals surface area contributed by atoms with Crippen molar-refractivity contribution in [3.8, 4) is 0 Å². The Morgan fingerprint density at radius 2 is 1.85 bits per heavy atom. The lowest BCUT2D eigenvalue weighted by atomic mass is 10.1. The molecule has 20 heavy (non-hydrogen) atoms. The SMILES string of the molecule is COCCn1c(CBr)nnc1CCCc1ccccc1. The topological polar surface area (TPSA) is 39.9 Å². The third kappa shape index (κ3) is 4.15. The number of nitrogens with zero attached hydrogens (tertiary/aromatic N) is 3. The minimum atomic E-state index is 0.684. The maximum Gasteiger partial charge on any atom is 0.143 e. The van der Waals surface area contributed by atoms with Gasteiger partial charge in [-0.15, -0.1) is 10.2 Å². The molecule has 4 nitrogen and oxygen atoms in total. The first-order valence-corrected chi connectivity index (χ1v) is 7.97. The summed E-state index contributed by atoms with van der Waals surface area (Å²) in [7, 11) is 1.72. The number of ether oxygens (including phenoxy) is 1. The zero-order valence-corrected chi connectivity index (χ0v) is 13.3. The molecule has 0 radical (unpaired) electrons. The molecule has 108 valence electrons. The van der Waals surface area contributed by atoms with E-state index in [1.54, 1.807) is 7.11 Å². The van der Waals surface area contributed by atoms with Crippen molar-refractivity contribution >= 4 is 15.9 Å². The Kier molecular flexibility index (Phi) is 6.21. The number of aryl methyl sites for hydroxylation is 2. The molecule has 0 saturated heterocycles. The highest BCUT2D eigenvalue weighted by Crippen LogP contribution is 2.10. The summed E-state index contributed by atoms with van der Waals surface area (Å²) in [4.78, 5) is 0. The van der Waals surface area contributed by atoms with E-state index >= 15 is 0 Å². The molecule has 0 aliphatic carbocycles. The molecule has 0 bridgehead atoms. The lowest BCUT2D eigenvalue weighted by Gasteiger charge is -2.08. The third-order valence-electron chi connectivity index (χ3n) is 3.25. The summed E-state index contributed by atoms with van der Waals surface area (Å²) < 4.78 is 7.31. The fraction of sp³-hybridized carbons (Fsp3) is 0.467. The lowest BCUT2D eigenvalue weighted by Crippen LogP contribution is -2.11. The largest absolute Gasteiger partial charge is 0.383 e. The van der Waals surface area contributed by atoms with Crippen LogP contribution in [0.25, 0.3) is 0 Å². The number of hydrogen-bond acceptors (Lipinski definition) is 3. The molecule has 0 amide bonds. The Balaban J connectivity index is 1.93. The number of hydrogen-bond donors (Lipinski definition) is 0. The van der Waals surface area contributed by atoms with Gasteiger partial charge in [0.1, 0.15) is 11.6 Å². The maximum absolute atomic E-state index is 5.15. The second-order valence-electron chi connectivity index (χ2n) is 4.65. The third-order valence-corrected chi connectivity index (χ3v) is 3.75. The molecule has 1 aromatic carbocycles. The molecule has 0 atom stereocenters. The molecule has 0 saturated carbocycles. The standard InChI is InChI=1S/C15H20BrN3O/c1-20-11-10-19-14(17-18-15(19)12-16)9-5-8-13-6-3-2-4-7-13/h2-4,6-7H,5,8-12H2,1H3. The fourth-order valence-electron chi connectivity index (χ4n) is 2.19. The number of methoxy groups -OCH3 is 1. The smallest absolute Gasteiger partial charge is 0.143 e. The van der Waals surface area contributed by atoms with Crippen molar-refractivity contribution in [1.82, 2.24) is 14.8 Å². The van der Waals surface area contributed by atoms with Crippen LogP contribution in [0.2, 0.25) is 0 Å². The van der Waals surface area contributed by atoms with Crippen molar-refractivity contribution < 1.29 is 4.74 Å². The molecule has 1 aromatic heterocycles. The van der Waals surface area contributed by atoms with Crippen LogP contribution in [0.15, 0.2) is 30.3 Å². The zero-order valence-electron chi connectivity index (χ0n) is 11.8. The minimum Gasteiger partial charge on any atom is -0.383 e. The van der Waals surface area contributed by atoms with Crippen molar-refractivity contribution in [1.29, 1.82) is 0 Å². The first kappa shape index (κ1) is 15.2. The molecule has 0 N–H and O–H groups in total. The second-order valence-corrected chi connectivity index (χ2v) is 5.21. The Morgan fingerprint density at radius 1 is 1.10 bits per heavy atom. The average molecular weight is 338 g/mol. The monoisotopic (exact) mass is 337 g/mol. The van der Waals surface area contributed by atoms with E-state index in [1.807, 2.05) is 6.07 Å². The molecule has 0 aliphatic rings. The van der Waals surface area contributed by atoms with Gasteiger partial charge in [0.05, 0.1) is 11.9 Å². The highest BCUT2D eigenvalue weighted by Gasteiger charge is 2.10. The molecule has 0 aliphatic heterocycles. The van der Waals surface area contributed by atoms with Crippen LogP contribution in [0.4, 0.5) is 0 Å². The molecule has 0 spiro atoms. The van der Waals surface area contributed by atoms with Crippen LogP contribution in [0, 0.1) is 0 Å². The zero-order chi connectivity index (χ0) is 14.2. The molecule has 2 rings (SSSR count). The van der Waals surface area contributed by atoms with Crippen molar-refractivity contribution in [3.05, 3.63) is 47.5 Å². The van der Waals surface area contributed by atoms with Gasteiger partial charge in [0, 0.05) is 20.1 Å². The van der Waals surface area contributed by atoms with Crippen LogP contribution in [-0.4, -0.2) is 28.5 Å². The van der Waals surface area contributed by atoms with Gasteiger partial charge in [-0.3, -0.25) is 0 Å². The van der Waals surface area contributed by atoms with Crippen molar-refractivity contribution in [2.45, 2.75) is 31.1 Å². The number of aromatic nitrogens is 3. The summed E-state index contributed by atoms with van der Waals surface area (Å²) in [6.45, 7) is 1.49. The van der Waals surface area contributed by atoms with Gasteiger partial charge in [-0.1, -0.05) is 46.3 Å². The molecule has 2 aromatic rings. The van der Waals surface area contributed by atoms with Crippen LogP contribution in [0.1, 0.15) is 23.6 Å². The molecular formula is C15H20BrN3O. The average Bonchev–Trinajstić information content (AvgIpc) is 2.88. The number of rotatable bonds is 8. The van der Waals surface area contributed by atoms with E-state index in [0.717, 1.165) is 42.8 Å². The first-order chi connectivity index (χ1) is 9.85. The van der Waals surface area contributed by atoms with Gasteiger partial charge in [0.2, 0.25) is 0 Å². The quantitative estimate of drug-likeness (QED) is 0.695. The fourth-order valence-corrected chi connectivity index (χ4v) is 2.61. The van der Waals surface area contributed by atoms with E-state index < -0.39 is 0 Å². The number of benzene rings is 1. The number of halogens is 1. The van der Waals surface area contributed by atoms with E-state index in [2.05, 4.69) is 55.0 Å². The second kappa shape index (κ2) is 8.17. The summed E-state index contributed by atoms with van der Waals surface area (Å²) >= 11 is 3.45. The Bertz CT molecular complexity index is 513.